The van der Waals surface area contributed by atoms with Crippen molar-refractivity contribution >= 4 is 56.9 Å². The molecule has 16 nitrogen and oxygen atoms in total. The number of aromatic nitrogens is 4. The molecule has 0 unspecified atom stereocenters. The fraction of sp³-hybridized carbons (Fsp3) is 0.222. The van der Waals surface area contributed by atoms with Crippen molar-refractivity contribution in [2.45, 2.75) is 38.3 Å². The third-order valence-corrected chi connectivity index (χ3v) is 12.2. The Hall–Kier alpha value is -8.76. The number of alkyl halides is 6. The Bertz CT molecular complexity index is 3090. The maximum absolute atomic E-state index is 11.6. The molecule has 2 aromatic heterocycles. The first-order valence-corrected chi connectivity index (χ1v) is 23.7. The first kappa shape index (κ1) is 55.0. The van der Waals surface area contributed by atoms with E-state index in [-0.39, 0.29) is 0 Å². The number of primary amides is 2. The van der Waals surface area contributed by atoms with Crippen molar-refractivity contribution in [1.29, 1.82) is 0 Å². The van der Waals surface area contributed by atoms with Crippen LogP contribution in [0.25, 0.3) is 33.2 Å². The Balaban J connectivity index is 0.000000177. The molecule has 76 heavy (non-hydrogen) atoms. The number of aliphatic carboxylic acids is 2. The van der Waals surface area contributed by atoms with E-state index in [9.17, 15) is 35.9 Å². The minimum atomic E-state index is -5.08. The Morgan fingerprint density at radius 2 is 0.868 bits per heavy atom. The number of nitrogens with two attached hydrogens (primary N) is 2. The molecule has 0 saturated heterocycles. The molecule has 2 aliphatic rings. The molecule has 4 heterocycles. The van der Waals surface area contributed by atoms with Crippen LogP contribution in [0, 0.1) is 0 Å². The number of carboxylic acids is 2. The first-order chi connectivity index (χ1) is 36.3. The van der Waals surface area contributed by atoms with Gasteiger partial charge in [0, 0.05) is 86.9 Å². The van der Waals surface area contributed by atoms with Gasteiger partial charge in [-0.3, -0.25) is 9.59 Å². The standard InChI is InChI=1S/2C25H25N5O.2C2HF3O2/c2*26-25(31)22-6-3-5-20-17-30(28-24(20)22)21-10-8-18(9-11-21)16-27-13-15-29-14-12-19-4-1-2-7-23(19)29;2*3-2(4,5)1(6)7/h2*1-11,17,27H,12-16H2,(H2,26,31);2*(H,6,7). The summed E-state index contributed by atoms with van der Waals surface area (Å²) in [5.74, 6) is -6.44. The van der Waals surface area contributed by atoms with Crippen LogP contribution in [0.4, 0.5) is 37.7 Å². The number of carbonyl (C=O) groups excluding carboxylic acids is 2. The highest BCUT2D eigenvalue weighted by Gasteiger charge is 2.39. The Labute approximate surface area is 431 Å². The number of hydrogen-bond acceptors (Lipinski definition) is 10. The van der Waals surface area contributed by atoms with Crippen LogP contribution in [0.15, 0.2) is 146 Å². The first-order valence-electron chi connectivity index (χ1n) is 23.7. The van der Waals surface area contributed by atoms with Crippen LogP contribution in [0.1, 0.15) is 43.0 Å². The topological polar surface area (TPSA) is 227 Å². The minimum Gasteiger partial charge on any atom is -0.475 e. The Morgan fingerprint density at radius 1 is 0.513 bits per heavy atom. The molecule has 396 valence electrons. The molecule has 2 aliphatic heterocycles. The van der Waals surface area contributed by atoms with E-state index in [0.29, 0.717) is 22.2 Å². The van der Waals surface area contributed by atoms with Crippen molar-refractivity contribution in [2.75, 3.05) is 49.1 Å². The second kappa shape index (κ2) is 24.5. The predicted octanol–water partition coefficient (Wildman–Crippen LogP) is 7.82. The lowest BCUT2D eigenvalue weighted by Crippen LogP contribution is -2.30. The number of rotatable bonds is 14. The highest BCUT2D eigenvalue weighted by Crippen LogP contribution is 2.28. The zero-order valence-corrected chi connectivity index (χ0v) is 40.6. The van der Waals surface area contributed by atoms with Crippen molar-refractivity contribution in [3.05, 3.63) is 179 Å². The van der Waals surface area contributed by atoms with Gasteiger partial charge in [0.1, 0.15) is 11.0 Å². The van der Waals surface area contributed by atoms with E-state index in [0.717, 1.165) is 87.3 Å². The number of carbonyl (C=O) groups is 4. The average molecular weight is 1050 g/mol. The van der Waals surface area contributed by atoms with Crippen molar-refractivity contribution in [2.24, 2.45) is 11.5 Å². The van der Waals surface area contributed by atoms with E-state index in [1.54, 1.807) is 21.5 Å². The van der Waals surface area contributed by atoms with E-state index < -0.39 is 36.1 Å². The number of benzene rings is 6. The van der Waals surface area contributed by atoms with E-state index in [1.807, 2.05) is 60.9 Å². The summed E-state index contributed by atoms with van der Waals surface area (Å²) < 4.78 is 67.1. The molecule has 0 bridgehead atoms. The quantitative estimate of drug-likeness (QED) is 0.0453. The normalized spacial score (nSPS) is 12.7. The molecule has 0 fully saturated rings. The summed E-state index contributed by atoms with van der Waals surface area (Å²) in [6, 6.07) is 44.9. The van der Waals surface area contributed by atoms with Gasteiger partial charge in [0.25, 0.3) is 11.8 Å². The smallest absolute Gasteiger partial charge is 0.475 e. The summed E-state index contributed by atoms with van der Waals surface area (Å²) >= 11 is 0. The van der Waals surface area contributed by atoms with Crippen molar-refractivity contribution in [3.8, 4) is 11.4 Å². The molecule has 0 aliphatic carbocycles. The van der Waals surface area contributed by atoms with Crippen LogP contribution < -0.4 is 31.9 Å². The van der Waals surface area contributed by atoms with Gasteiger partial charge in [-0.2, -0.15) is 36.5 Å². The van der Waals surface area contributed by atoms with Gasteiger partial charge in [0.05, 0.1) is 22.5 Å². The van der Waals surface area contributed by atoms with E-state index in [2.05, 4.69) is 103 Å². The largest absolute Gasteiger partial charge is 0.490 e. The molecule has 0 spiro atoms. The third kappa shape index (κ3) is 14.3. The van der Waals surface area contributed by atoms with Crippen molar-refractivity contribution in [1.82, 2.24) is 30.2 Å². The van der Waals surface area contributed by atoms with Gasteiger partial charge in [0.2, 0.25) is 0 Å². The number of nitrogens with zero attached hydrogens (tertiary/aromatic N) is 6. The molecule has 0 radical (unpaired) electrons. The van der Waals surface area contributed by atoms with Crippen LogP contribution in [0.5, 0.6) is 0 Å². The molecule has 0 atom stereocenters. The van der Waals surface area contributed by atoms with Gasteiger partial charge in [0.15, 0.2) is 0 Å². The number of carboxylic acid groups (broad SMARTS) is 2. The summed E-state index contributed by atoms with van der Waals surface area (Å²) in [4.78, 5) is 46.0. The number of hydrogen-bond donors (Lipinski definition) is 6. The van der Waals surface area contributed by atoms with Crippen molar-refractivity contribution in [3.63, 3.8) is 0 Å². The fourth-order valence-electron chi connectivity index (χ4n) is 8.46. The SMILES string of the molecule is NC(=O)c1cccc2cn(-c3ccc(CNCCN4CCc5ccccc54)cc3)nc12.NC(=O)c1cccc2cn(-c3ccc(CNCCN4CCc5ccccc54)cc3)nc12.O=C(O)C(F)(F)F.O=C(O)C(F)(F)F. The summed E-state index contributed by atoms with van der Waals surface area (Å²) in [5, 5.41) is 32.3. The number of halogens is 6. The van der Waals surface area contributed by atoms with Gasteiger partial charge in [-0.05, 0) is 83.6 Å². The van der Waals surface area contributed by atoms with E-state index in [4.69, 9.17) is 31.3 Å². The molecular formula is C54H52F6N10O6. The molecule has 22 heteroatoms. The molecule has 2 amide bonds. The minimum absolute atomic E-state index is 0.442. The lowest BCUT2D eigenvalue weighted by atomic mass is 10.1. The van der Waals surface area contributed by atoms with Gasteiger partial charge in [-0.1, -0.05) is 84.9 Å². The molecule has 8 aromatic rings. The molecule has 0 saturated carbocycles. The van der Waals surface area contributed by atoms with Gasteiger partial charge in [-0.15, -0.1) is 0 Å². The third-order valence-electron chi connectivity index (χ3n) is 12.2. The number of nitrogens with one attached hydrogen (secondary N) is 2. The molecule has 6 aromatic carbocycles. The van der Waals surface area contributed by atoms with E-state index in [1.165, 1.54) is 33.6 Å². The zero-order valence-electron chi connectivity index (χ0n) is 40.6. The van der Waals surface area contributed by atoms with Gasteiger partial charge < -0.3 is 42.1 Å². The summed E-state index contributed by atoms with van der Waals surface area (Å²) in [5.41, 5.74) is 23.1. The predicted molar refractivity (Wildman–Crippen MR) is 275 cm³/mol. The second-order valence-electron chi connectivity index (χ2n) is 17.4. The molecule has 8 N–H and O–H groups in total. The van der Waals surface area contributed by atoms with Crippen molar-refractivity contribution < 1.29 is 55.7 Å². The van der Waals surface area contributed by atoms with E-state index >= 15 is 0 Å². The summed E-state index contributed by atoms with van der Waals surface area (Å²) in [7, 11) is 0. The van der Waals surface area contributed by atoms with Gasteiger partial charge in [-0.25, -0.2) is 19.0 Å². The Morgan fingerprint density at radius 3 is 1.21 bits per heavy atom. The van der Waals surface area contributed by atoms with Crippen LogP contribution >= 0.6 is 0 Å². The number of fused-ring (bicyclic) bond motifs is 4. The monoisotopic (exact) mass is 1050 g/mol. The number of amides is 2. The highest BCUT2D eigenvalue weighted by atomic mass is 19.4. The molecular weight excluding hydrogens is 999 g/mol. The molecule has 10 rings (SSSR count). The zero-order chi connectivity index (χ0) is 54.6. The van der Waals surface area contributed by atoms with Gasteiger partial charge >= 0.3 is 24.3 Å². The maximum atomic E-state index is 11.6. The fourth-order valence-corrected chi connectivity index (χ4v) is 8.46. The van der Waals surface area contributed by atoms with Crippen LogP contribution in [0.3, 0.4) is 0 Å². The van der Waals surface area contributed by atoms with Crippen LogP contribution in [0.2, 0.25) is 0 Å². The lowest BCUT2D eigenvalue weighted by molar-refractivity contribution is -0.193. The average Bonchev–Trinajstić information content (AvgIpc) is 4.22. The Kier molecular flexibility index (Phi) is 17.7. The van der Waals surface area contributed by atoms with Crippen LogP contribution in [-0.2, 0) is 35.5 Å². The lowest BCUT2D eigenvalue weighted by Gasteiger charge is -2.19. The number of anilines is 2. The highest BCUT2D eigenvalue weighted by molar-refractivity contribution is 6.05. The van der Waals surface area contributed by atoms with Crippen LogP contribution in [-0.4, -0.2) is 105 Å². The number of para-hydroxylation sites is 2. The maximum Gasteiger partial charge on any atom is 0.490 e. The second-order valence-corrected chi connectivity index (χ2v) is 17.4. The summed E-state index contributed by atoms with van der Waals surface area (Å²) in [6.07, 6.45) is -4.05. The summed E-state index contributed by atoms with van der Waals surface area (Å²) in [6.45, 7) is 7.75.